The normalized spacial score (nSPS) is 10.2. The Hall–Kier alpha value is -2.21. The number of halogens is 2. The second-order valence-electron chi connectivity index (χ2n) is 3.69. The summed E-state index contributed by atoms with van der Waals surface area (Å²) in [7, 11) is 0. The quantitative estimate of drug-likeness (QED) is 0.931. The van der Waals surface area contributed by atoms with Crippen LogP contribution in [0.4, 0.5) is 10.1 Å². The summed E-state index contributed by atoms with van der Waals surface area (Å²) in [5.41, 5.74) is -0.111. The number of nitrogens with zero attached hydrogens (tertiary/aromatic N) is 2. The van der Waals surface area contributed by atoms with E-state index in [9.17, 15) is 14.0 Å². The molecule has 5 nitrogen and oxygen atoms in total. The Morgan fingerprint density at radius 2 is 2.21 bits per heavy atom. The van der Waals surface area contributed by atoms with Gasteiger partial charge in [-0.2, -0.15) is 5.10 Å². The van der Waals surface area contributed by atoms with Crippen molar-refractivity contribution in [1.29, 1.82) is 0 Å². The first kappa shape index (κ1) is 13.2. The summed E-state index contributed by atoms with van der Waals surface area (Å²) in [4.78, 5) is 23.1. The molecule has 0 atom stereocenters. The van der Waals surface area contributed by atoms with Crippen LogP contribution < -0.4 is 10.9 Å². The van der Waals surface area contributed by atoms with Gasteiger partial charge in [-0.15, -0.1) is 0 Å². The van der Waals surface area contributed by atoms with Crippen LogP contribution in [0.2, 0.25) is 5.02 Å². The Morgan fingerprint density at radius 3 is 2.89 bits per heavy atom. The molecule has 0 saturated carbocycles. The molecule has 0 aliphatic carbocycles. The number of anilines is 1. The topological polar surface area (TPSA) is 64.0 Å². The lowest BCUT2D eigenvalue weighted by atomic mass is 10.3. The van der Waals surface area contributed by atoms with E-state index in [4.69, 9.17) is 11.6 Å². The van der Waals surface area contributed by atoms with Crippen LogP contribution in [-0.2, 0) is 11.3 Å². The zero-order chi connectivity index (χ0) is 13.8. The summed E-state index contributed by atoms with van der Waals surface area (Å²) < 4.78 is 13.8. The van der Waals surface area contributed by atoms with Crippen molar-refractivity contribution in [2.75, 3.05) is 5.32 Å². The summed E-state index contributed by atoms with van der Waals surface area (Å²) >= 11 is 5.77. The predicted molar refractivity (Wildman–Crippen MR) is 68.5 cm³/mol. The molecule has 1 heterocycles. The number of rotatable bonds is 3. The van der Waals surface area contributed by atoms with Crippen LogP contribution in [0.1, 0.15) is 0 Å². The number of hydrogen-bond donors (Lipinski definition) is 1. The maximum absolute atomic E-state index is 12.8. The van der Waals surface area contributed by atoms with Gasteiger partial charge in [0.15, 0.2) is 0 Å². The number of hydrogen-bond acceptors (Lipinski definition) is 3. The molecular formula is C12H9ClFN3O2. The van der Waals surface area contributed by atoms with Gasteiger partial charge >= 0.3 is 0 Å². The van der Waals surface area contributed by atoms with Gasteiger partial charge in [-0.25, -0.2) is 9.07 Å². The largest absolute Gasteiger partial charge is 0.323 e. The van der Waals surface area contributed by atoms with E-state index in [1.807, 2.05) is 0 Å². The molecule has 19 heavy (non-hydrogen) atoms. The SMILES string of the molecule is O=C(Cn1ncccc1=O)Nc1ccc(F)cc1Cl. The molecule has 1 aromatic heterocycles. The number of nitrogens with one attached hydrogen (secondary N) is 1. The monoisotopic (exact) mass is 281 g/mol. The average molecular weight is 282 g/mol. The van der Waals surface area contributed by atoms with Gasteiger partial charge in [-0.05, 0) is 24.3 Å². The molecule has 0 aliphatic heterocycles. The standard InChI is InChI=1S/C12H9ClFN3O2/c13-9-6-8(14)3-4-10(9)16-11(18)7-17-12(19)2-1-5-15-17/h1-6H,7H2,(H,16,18). The van der Waals surface area contributed by atoms with Gasteiger partial charge in [-0.3, -0.25) is 9.59 Å². The van der Waals surface area contributed by atoms with Crippen molar-refractivity contribution in [3.63, 3.8) is 0 Å². The third-order valence-corrected chi connectivity index (χ3v) is 2.60. The van der Waals surface area contributed by atoms with Crippen LogP contribution in [0.25, 0.3) is 0 Å². The fourth-order valence-electron chi connectivity index (χ4n) is 1.42. The van der Waals surface area contributed by atoms with Crippen LogP contribution in [0, 0.1) is 5.82 Å². The minimum Gasteiger partial charge on any atom is -0.323 e. The van der Waals surface area contributed by atoms with Crippen molar-refractivity contribution < 1.29 is 9.18 Å². The van der Waals surface area contributed by atoms with E-state index < -0.39 is 11.7 Å². The fourth-order valence-corrected chi connectivity index (χ4v) is 1.64. The van der Waals surface area contributed by atoms with E-state index >= 15 is 0 Å². The number of carbonyl (C=O) groups is 1. The third-order valence-electron chi connectivity index (χ3n) is 2.28. The van der Waals surface area contributed by atoms with Gasteiger partial charge in [0.25, 0.3) is 5.56 Å². The summed E-state index contributed by atoms with van der Waals surface area (Å²) in [6.07, 6.45) is 1.40. The second-order valence-corrected chi connectivity index (χ2v) is 4.10. The summed E-state index contributed by atoms with van der Waals surface area (Å²) in [5.74, 6) is -0.974. The van der Waals surface area contributed by atoms with Gasteiger partial charge in [0.1, 0.15) is 12.4 Å². The maximum Gasteiger partial charge on any atom is 0.267 e. The van der Waals surface area contributed by atoms with E-state index in [1.54, 1.807) is 0 Å². The molecule has 98 valence electrons. The Labute approximate surface area is 112 Å². The maximum atomic E-state index is 12.8. The van der Waals surface area contributed by atoms with Crippen molar-refractivity contribution in [3.8, 4) is 0 Å². The molecule has 0 radical (unpaired) electrons. The van der Waals surface area contributed by atoms with E-state index in [1.165, 1.54) is 30.5 Å². The van der Waals surface area contributed by atoms with Crippen LogP contribution in [0.5, 0.6) is 0 Å². The van der Waals surface area contributed by atoms with E-state index in [-0.39, 0.29) is 22.8 Å². The predicted octanol–water partition coefficient (Wildman–Crippen LogP) is 1.67. The Morgan fingerprint density at radius 1 is 1.42 bits per heavy atom. The summed E-state index contributed by atoms with van der Waals surface area (Å²) in [5, 5.41) is 6.31. The number of carbonyl (C=O) groups excluding carboxylic acids is 1. The van der Waals surface area contributed by atoms with Crippen molar-refractivity contribution >= 4 is 23.2 Å². The number of benzene rings is 1. The molecule has 1 amide bonds. The minimum atomic E-state index is -0.496. The first-order chi connectivity index (χ1) is 9.06. The highest BCUT2D eigenvalue weighted by Gasteiger charge is 2.08. The molecule has 0 aliphatic rings. The molecule has 0 fully saturated rings. The lowest BCUT2D eigenvalue weighted by Gasteiger charge is -2.07. The van der Waals surface area contributed by atoms with Gasteiger partial charge < -0.3 is 5.32 Å². The van der Waals surface area contributed by atoms with Gasteiger partial charge in [0.2, 0.25) is 5.91 Å². The number of amides is 1. The lowest BCUT2D eigenvalue weighted by molar-refractivity contribution is -0.117. The molecule has 2 aromatic rings. The van der Waals surface area contributed by atoms with Crippen molar-refractivity contribution in [1.82, 2.24) is 9.78 Å². The van der Waals surface area contributed by atoms with Gasteiger partial charge in [-0.1, -0.05) is 11.6 Å². The Kier molecular flexibility index (Phi) is 3.91. The molecule has 0 saturated heterocycles. The summed E-state index contributed by atoms with van der Waals surface area (Å²) in [6, 6.07) is 6.38. The van der Waals surface area contributed by atoms with Crippen molar-refractivity contribution in [2.45, 2.75) is 6.54 Å². The molecular weight excluding hydrogens is 273 g/mol. The fraction of sp³-hybridized carbons (Fsp3) is 0.0833. The zero-order valence-electron chi connectivity index (χ0n) is 9.64. The molecule has 0 spiro atoms. The molecule has 0 bridgehead atoms. The van der Waals surface area contributed by atoms with E-state index in [2.05, 4.69) is 10.4 Å². The van der Waals surface area contributed by atoms with Crippen LogP contribution in [0.15, 0.2) is 41.3 Å². The third kappa shape index (κ3) is 3.38. The average Bonchev–Trinajstić information content (AvgIpc) is 2.36. The van der Waals surface area contributed by atoms with Crippen LogP contribution in [0.3, 0.4) is 0 Å². The van der Waals surface area contributed by atoms with E-state index in [0.717, 1.165) is 10.7 Å². The van der Waals surface area contributed by atoms with Gasteiger partial charge in [0, 0.05) is 12.3 Å². The second kappa shape index (κ2) is 5.62. The minimum absolute atomic E-state index is 0.0849. The molecule has 1 N–H and O–H groups in total. The van der Waals surface area contributed by atoms with E-state index in [0.29, 0.717) is 0 Å². The van der Waals surface area contributed by atoms with Crippen molar-refractivity contribution in [2.24, 2.45) is 0 Å². The van der Waals surface area contributed by atoms with Gasteiger partial charge in [0.05, 0.1) is 10.7 Å². The summed E-state index contributed by atoms with van der Waals surface area (Å²) in [6.45, 7) is -0.243. The lowest BCUT2D eigenvalue weighted by Crippen LogP contribution is -2.28. The van der Waals surface area contributed by atoms with Crippen LogP contribution >= 0.6 is 11.6 Å². The highest BCUT2D eigenvalue weighted by molar-refractivity contribution is 6.33. The molecule has 1 aromatic carbocycles. The zero-order valence-corrected chi connectivity index (χ0v) is 10.4. The molecule has 0 unspecified atom stereocenters. The highest BCUT2D eigenvalue weighted by atomic mass is 35.5. The highest BCUT2D eigenvalue weighted by Crippen LogP contribution is 2.22. The number of aromatic nitrogens is 2. The van der Waals surface area contributed by atoms with Crippen molar-refractivity contribution in [3.05, 3.63) is 57.7 Å². The smallest absolute Gasteiger partial charge is 0.267 e. The molecule has 7 heteroatoms. The first-order valence-electron chi connectivity index (χ1n) is 5.33. The molecule has 2 rings (SSSR count). The van der Waals surface area contributed by atoms with Crippen LogP contribution in [-0.4, -0.2) is 15.7 Å². The Bertz CT molecular complexity index is 672. The Balaban J connectivity index is 2.10. The first-order valence-corrected chi connectivity index (χ1v) is 5.71.